The lowest BCUT2D eigenvalue weighted by Gasteiger charge is -2.49. The Morgan fingerprint density at radius 3 is 2.29 bits per heavy atom. The van der Waals surface area contributed by atoms with Crippen LogP contribution >= 0.6 is 0 Å². The normalized spacial score (nSPS) is 30.1. The van der Waals surface area contributed by atoms with Gasteiger partial charge in [0.1, 0.15) is 6.10 Å². The Hall–Kier alpha value is -0.880. The van der Waals surface area contributed by atoms with Gasteiger partial charge in [-0.05, 0) is 49.7 Å². The van der Waals surface area contributed by atoms with Crippen LogP contribution in [0.4, 0.5) is 0 Å². The minimum Gasteiger partial charge on any atom is -1.00 e. The van der Waals surface area contributed by atoms with Crippen LogP contribution in [0.3, 0.4) is 0 Å². The standard InChI is InChI=1S/C27H40NO2.HI/c1-3-5-18-28(17-4-2)22-15-16-23(28)20-24(19-22)30-27(29)26-14-10-9-13-25(26)21-11-7-6-8-12-21;/h6-8,11-12,22-24H,3-5,9-10,13-20H2,1-2H3;1H/q+1;/p-1. The molecule has 2 atom stereocenters. The molecule has 172 valence electrons. The second kappa shape index (κ2) is 11.3. The van der Waals surface area contributed by atoms with Crippen LogP contribution in [0.25, 0.3) is 5.57 Å². The van der Waals surface area contributed by atoms with Crippen LogP contribution in [-0.4, -0.2) is 41.7 Å². The monoisotopic (exact) mass is 537 g/mol. The summed E-state index contributed by atoms with van der Waals surface area (Å²) in [5.41, 5.74) is 3.38. The number of carbonyl (C=O) groups excluding carboxylic acids is 1. The zero-order valence-electron chi connectivity index (χ0n) is 19.5. The number of ether oxygens (including phenoxy) is 1. The minimum atomic E-state index is -0.0259. The highest BCUT2D eigenvalue weighted by molar-refractivity contribution is 5.98. The van der Waals surface area contributed by atoms with Crippen molar-refractivity contribution in [2.45, 2.75) is 103 Å². The van der Waals surface area contributed by atoms with Crippen LogP contribution in [0.2, 0.25) is 0 Å². The lowest BCUT2D eigenvalue weighted by Crippen LogP contribution is -3.00. The number of carbonyl (C=O) groups is 1. The third kappa shape index (κ3) is 5.21. The Bertz CT molecular complexity index is 746. The molecule has 0 spiro atoms. The molecular weight excluding hydrogens is 497 g/mol. The van der Waals surface area contributed by atoms with Crippen LogP contribution < -0.4 is 24.0 Å². The quantitative estimate of drug-likeness (QED) is 0.289. The number of fused-ring (bicyclic) bond motifs is 2. The van der Waals surface area contributed by atoms with Crippen LogP contribution in [0.5, 0.6) is 0 Å². The number of quaternary nitrogens is 1. The van der Waals surface area contributed by atoms with E-state index in [-0.39, 0.29) is 36.0 Å². The Balaban J connectivity index is 0.00000272. The Morgan fingerprint density at radius 2 is 1.65 bits per heavy atom. The van der Waals surface area contributed by atoms with Gasteiger partial charge in [-0.15, -0.1) is 0 Å². The van der Waals surface area contributed by atoms with Crippen molar-refractivity contribution in [3.8, 4) is 0 Å². The summed E-state index contributed by atoms with van der Waals surface area (Å²) in [5.74, 6) is -0.0259. The number of rotatable bonds is 8. The summed E-state index contributed by atoms with van der Waals surface area (Å²) >= 11 is 0. The van der Waals surface area contributed by atoms with Crippen LogP contribution in [-0.2, 0) is 9.53 Å². The first kappa shape index (κ1) is 24.8. The van der Waals surface area contributed by atoms with E-state index < -0.39 is 0 Å². The van der Waals surface area contributed by atoms with Gasteiger partial charge in [0.05, 0.1) is 25.2 Å². The molecule has 0 radical (unpaired) electrons. The molecule has 0 aromatic heterocycles. The molecule has 1 aromatic rings. The second-order valence-electron chi connectivity index (χ2n) is 9.82. The largest absolute Gasteiger partial charge is 1.00 e. The molecule has 2 unspecified atom stereocenters. The fraction of sp³-hybridized carbons (Fsp3) is 0.667. The van der Waals surface area contributed by atoms with E-state index in [1.54, 1.807) is 0 Å². The van der Waals surface area contributed by atoms with Crippen molar-refractivity contribution in [3.05, 3.63) is 41.5 Å². The summed E-state index contributed by atoms with van der Waals surface area (Å²) < 4.78 is 7.55. The molecule has 0 amide bonds. The molecule has 0 N–H and O–H groups in total. The van der Waals surface area contributed by atoms with Gasteiger partial charge in [-0.2, -0.15) is 0 Å². The van der Waals surface area contributed by atoms with Crippen molar-refractivity contribution >= 4 is 11.5 Å². The van der Waals surface area contributed by atoms with Crippen molar-refractivity contribution in [2.75, 3.05) is 13.1 Å². The Morgan fingerprint density at radius 1 is 0.968 bits per heavy atom. The molecule has 2 aliphatic heterocycles. The van der Waals surface area contributed by atoms with Gasteiger partial charge < -0.3 is 33.2 Å². The number of nitrogens with zero attached hydrogens (tertiary/aromatic N) is 1. The summed E-state index contributed by atoms with van der Waals surface area (Å²) in [6.45, 7) is 7.27. The predicted octanol–water partition coefficient (Wildman–Crippen LogP) is 3.28. The van der Waals surface area contributed by atoms with Gasteiger partial charge in [-0.3, -0.25) is 0 Å². The maximum absolute atomic E-state index is 13.3. The maximum Gasteiger partial charge on any atom is 0.334 e. The van der Waals surface area contributed by atoms with Crippen LogP contribution in [0, 0.1) is 0 Å². The number of unbranched alkanes of at least 4 members (excludes halogenated alkanes) is 1. The highest BCUT2D eigenvalue weighted by atomic mass is 127. The molecule has 1 aliphatic carbocycles. The molecule has 1 aromatic carbocycles. The summed E-state index contributed by atoms with van der Waals surface area (Å²) in [4.78, 5) is 13.3. The van der Waals surface area contributed by atoms with E-state index in [0.717, 1.165) is 37.7 Å². The highest BCUT2D eigenvalue weighted by Gasteiger charge is 2.54. The molecule has 4 rings (SSSR count). The second-order valence-corrected chi connectivity index (χ2v) is 9.82. The van der Waals surface area contributed by atoms with E-state index in [1.165, 1.54) is 67.2 Å². The Kier molecular flexibility index (Phi) is 9.03. The van der Waals surface area contributed by atoms with E-state index in [2.05, 4.69) is 38.1 Å². The maximum atomic E-state index is 13.3. The fourth-order valence-corrected chi connectivity index (χ4v) is 6.67. The van der Waals surface area contributed by atoms with E-state index in [0.29, 0.717) is 12.1 Å². The average molecular weight is 538 g/mol. The molecule has 2 fully saturated rings. The van der Waals surface area contributed by atoms with Gasteiger partial charge in [0.2, 0.25) is 0 Å². The number of benzene rings is 1. The van der Waals surface area contributed by atoms with Gasteiger partial charge in [0.15, 0.2) is 0 Å². The average Bonchev–Trinajstić information content (AvgIpc) is 2.95. The van der Waals surface area contributed by atoms with Crippen molar-refractivity contribution in [2.24, 2.45) is 0 Å². The summed E-state index contributed by atoms with van der Waals surface area (Å²) in [5, 5.41) is 0. The Labute approximate surface area is 206 Å². The first-order valence-corrected chi connectivity index (χ1v) is 12.5. The van der Waals surface area contributed by atoms with E-state index in [1.807, 2.05) is 6.07 Å². The molecule has 2 bridgehead atoms. The van der Waals surface area contributed by atoms with Crippen molar-refractivity contribution in [3.63, 3.8) is 0 Å². The van der Waals surface area contributed by atoms with Gasteiger partial charge in [0.25, 0.3) is 0 Å². The first-order valence-electron chi connectivity index (χ1n) is 12.5. The molecule has 4 heteroatoms. The third-order valence-corrected chi connectivity index (χ3v) is 8.04. The zero-order valence-corrected chi connectivity index (χ0v) is 21.6. The van der Waals surface area contributed by atoms with E-state index in [4.69, 9.17) is 4.74 Å². The molecule has 31 heavy (non-hydrogen) atoms. The van der Waals surface area contributed by atoms with Gasteiger partial charge in [0, 0.05) is 31.3 Å². The van der Waals surface area contributed by atoms with Crippen LogP contribution in [0.1, 0.15) is 90.0 Å². The van der Waals surface area contributed by atoms with Crippen molar-refractivity contribution < 1.29 is 38.0 Å². The number of piperidine rings is 1. The molecule has 2 heterocycles. The number of hydrogen-bond donors (Lipinski definition) is 0. The van der Waals surface area contributed by atoms with Gasteiger partial charge in [-0.1, -0.05) is 50.6 Å². The molecule has 3 nitrogen and oxygen atoms in total. The lowest BCUT2D eigenvalue weighted by molar-refractivity contribution is -0.966. The molecule has 3 aliphatic rings. The van der Waals surface area contributed by atoms with Crippen LogP contribution in [0.15, 0.2) is 35.9 Å². The lowest BCUT2D eigenvalue weighted by atomic mass is 9.87. The molecule has 2 saturated heterocycles. The summed E-state index contributed by atoms with van der Waals surface area (Å²) in [6, 6.07) is 11.9. The first-order chi connectivity index (χ1) is 14.7. The van der Waals surface area contributed by atoms with Crippen molar-refractivity contribution in [1.82, 2.24) is 0 Å². The van der Waals surface area contributed by atoms with Gasteiger partial charge in [-0.25, -0.2) is 4.79 Å². The van der Waals surface area contributed by atoms with E-state index in [9.17, 15) is 4.79 Å². The SMILES string of the molecule is CCCC[N+]1(CCC)C2CCC1CC(OC(=O)C1=C(c3ccccc3)CCCC1)C2.[I-]. The molecular formula is C27H40INO2. The number of hydrogen-bond acceptors (Lipinski definition) is 2. The zero-order chi connectivity index (χ0) is 21.0. The molecule has 0 saturated carbocycles. The summed E-state index contributed by atoms with van der Waals surface area (Å²) in [6.07, 6.45) is 12.9. The minimum absolute atomic E-state index is 0. The third-order valence-electron chi connectivity index (χ3n) is 8.04. The highest BCUT2D eigenvalue weighted by Crippen LogP contribution is 2.44. The fourth-order valence-electron chi connectivity index (χ4n) is 6.67. The topological polar surface area (TPSA) is 26.3 Å². The van der Waals surface area contributed by atoms with Gasteiger partial charge >= 0.3 is 5.97 Å². The summed E-state index contributed by atoms with van der Waals surface area (Å²) in [7, 11) is 0. The smallest absolute Gasteiger partial charge is 0.334 e. The predicted molar refractivity (Wildman–Crippen MR) is 123 cm³/mol. The number of esters is 1. The number of allylic oxidation sites excluding steroid dienone is 1. The van der Waals surface area contributed by atoms with Crippen molar-refractivity contribution in [1.29, 1.82) is 0 Å². The number of halogens is 1. The van der Waals surface area contributed by atoms with E-state index >= 15 is 0 Å².